The van der Waals surface area contributed by atoms with E-state index in [1.54, 1.807) is 11.8 Å². The molecule has 0 N–H and O–H groups in total. The molecule has 0 saturated carbocycles. The van der Waals surface area contributed by atoms with Gasteiger partial charge in [0, 0.05) is 19.5 Å². The molecule has 2 saturated heterocycles. The quantitative estimate of drug-likeness (QED) is 0.653. The average molecular weight is 408 g/mol. The van der Waals surface area contributed by atoms with E-state index in [4.69, 9.17) is 9.47 Å². The number of carbonyl (C=O) groups is 2. The molecule has 0 aromatic heterocycles. The van der Waals surface area contributed by atoms with Crippen molar-refractivity contribution in [1.82, 2.24) is 4.90 Å². The van der Waals surface area contributed by atoms with Crippen LogP contribution in [0.2, 0.25) is 0 Å². The molecular formula is C25H29NO4. The molecule has 0 aliphatic carbocycles. The second kappa shape index (κ2) is 8.23. The minimum absolute atomic E-state index is 0.106. The molecule has 30 heavy (non-hydrogen) atoms. The van der Waals surface area contributed by atoms with E-state index < -0.39 is 17.1 Å². The smallest absolute Gasteiger partial charge is 0.317 e. The Labute approximate surface area is 178 Å². The molecule has 4 rings (SSSR count). The van der Waals surface area contributed by atoms with E-state index in [2.05, 4.69) is 6.92 Å². The van der Waals surface area contributed by atoms with Crippen molar-refractivity contribution in [3.05, 3.63) is 71.8 Å². The van der Waals surface area contributed by atoms with Gasteiger partial charge in [-0.25, -0.2) is 0 Å². The Bertz CT molecular complexity index is 858. The van der Waals surface area contributed by atoms with Crippen LogP contribution in [0.4, 0.5) is 0 Å². The molecule has 0 bridgehead atoms. The summed E-state index contributed by atoms with van der Waals surface area (Å²) in [5.74, 6) is -0.443. The first-order valence-corrected chi connectivity index (χ1v) is 10.8. The van der Waals surface area contributed by atoms with E-state index >= 15 is 0 Å². The summed E-state index contributed by atoms with van der Waals surface area (Å²) < 4.78 is 12.1. The second-order valence-electron chi connectivity index (χ2n) is 8.22. The van der Waals surface area contributed by atoms with Crippen molar-refractivity contribution in [3.63, 3.8) is 0 Å². The summed E-state index contributed by atoms with van der Waals surface area (Å²) in [4.78, 5) is 28.4. The van der Waals surface area contributed by atoms with Crippen LogP contribution in [-0.2, 0) is 24.7 Å². The summed E-state index contributed by atoms with van der Waals surface area (Å²) in [7, 11) is 0. The molecule has 2 aromatic carbocycles. The lowest BCUT2D eigenvalue weighted by Crippen LogP contribution is -2.41. The molecule has 2 aromatic rings. The van der Waals surface area contributed by atoms with Gasteiger partial charge < -0.3 is 14.4 Å². The summed E-state index contributed by atoms with van der Waals surface area (Å²) >= 11 is 0. The number of unbranched alkanes of at least 4 members (excludes halogenated alkanes) is 1. The molecule has 2 aliphatic rings. The number of likely N-dealkylation sites (tertiary alicyclic amines) is 1. The highest BCUT2D eigenvalue weighted by atomic mass is 16.6. The third-order valence-electron chi connectivity index (χ3n) is 6.34. The van der Waals surface area contributed by atoms with Gasteiger partial charge in [0.2, 0.25) is 0 Å². The Morgan fingerprint density at radius 1 is 1.07 bits per heavy atom. The third-order valence-corrected chi connectivity index (χ3v) is 6.34. The van der Waals surface area contributed by atoms with E-state index in [1.165, 1.54) is 0 Å². The van der Waals surface area contributed by atoms with E-state index in [9.17, 15) is 9.59 Å². The molecule has 5 nitrogen and oxygen atoms in total. The Kier molecular flexibility index (Phi) is 5.65. The van der Waals surface area contributed by atoms with E-state index in [0.29, 0.717) is 19.5 Å². The number of benzene rings is 2. The first-order valence-electron chi connectivity index (χ1n) is 10.8. The van der Waals surface area contributed by atoms with Gasteiger partial charge in [-0.3, -0.25) is 9.59 Å². The van der Waals surface area contributed by atoms with Gasteiger partial charge in [-0.15, -0.1) is 0 Å². The minimum atomic E-state index is -1.01. The SMILES string of the molecule is CCCCN1C[C@]2(C(=O)OCC)CC(c3ccccc3)(c3ccccc3)OC2C1=O. The third kappa shape index (κ3) is 3.21. The predicted octanol–water partition coefficient (Wildman–Crippen LogP) is 3.91. The van der Waals surface area contributed by atoms with Gasteiger partial charge >= 0.3 is 5.97 Å². The number of hydrogen-bond donors (Lipinski definition) is 0. The lowest BCUT2D eigenvalue weighted by molar-refractivity contribution is -0.158. The Morgan fingerprint density at radius 3 is 2.20 bits per heavy atom. The zero-order valence-electron chi connectivity index (χ0n) is 17.7. The summed E-state index contributed by atoms with van der Waals surface area (Å²) in [6.07, 6.45) is 1.43. The Hall–Kier alpha value is -2.66. The molecular weight excluding hydrogens is 378 g/mol. The second-order valence-corrected chi connectivity index (χ2v) is 8.22. The Morgan fingerprint density at radius 2 is 1.67 bits per heavy atom. The maximum atomic E-state index is 13.4. The highest BCUT2D eigenvalue weighted by molar-refractivity contribution is 5.95. The van der Waals surface area contributed by atoms with Crippen LogP contribution >= 0.6 is 0 Å². The van der Waals surface area contributed by atoms with Crippen molar-refractivity contribution >= 4 is 11.9 Å². The topological polar surface area (TPSA) is 55.8 Å². The Balaban J connectivity index is 1.81. The zero-order valence-corrected chi connectivity index (χ0v) is 17.7. The molecule has 0 radical (unpaired) electrons. The summed E-state index contributed by atoms with van der Waals surface area (Å²) in [5.41, 5.74) is 0.0169. The first-order chi connectivity index (χ1) is 14.6. The first kappa shape index (κ1) is 20.6. The molecule has 158 valence electrons. The summed E-state index contributed by atoms with van der Waals surface area (Å²) in [5, 5.41) is 0. The van der Waals surface area contributed by atoms with Crippen LogP contribution in [0.15, 0.2) is 60.7 Å². The molecule has 2 aliphatic heterocycles. The van der Waals surface area contributed by atoms with Crippen molar-refractivity contribution in [3.8, 4) is 0 Å². The highest BCUT2D eigenvalue weighted by Gasteiger charge is 2.68. The molecule has 2 atom stereocenters. The fraction of sp³-hybridized carbons (Fsp3) is 0.440. The maximum absolute atomic E-state index is 13.4. The number of ether oxygens (including phenoxy) is 2. The van der Waals surface area contributed by atoms with Gasteiger partial charge in [-0.05, 0) is 24.5 Å². The lowest BCUT2D eigenvalue weighted by atomic mass is 9.73. The summed E-state index contributed by atoms with van der Waals surface area (Å²) in [6.45, 7) is 5.15. The number of fused-ring (bicyclic) bond motifs is 1. The zero-order chi connectivity index (χ0) is 21.2. The summed E-state index contributed by atoms with van der Waals surface area (Å²) in [6, 6.07) is 19.8. The van der Waals surface area contributed by atoms with Gasteiger partial charge in [0.05, 0.1) is 6.61 Å². The van der Waals surface area contributed by atoms with Crippen molar-refractivity contribution in [2.24, 2.45) is 5.41 Å². The lowest BCUT2D eigenvalue weighted by Gasteiger charge is -2.33. The van der Waals surface area contributed by atoms with Crippen LogP contribution in [0.1, 0.15) is 44.2 Å². The monoisotopic (exact) mass is 407 g/mol. The van der Waals surface area contributed by atoms with Gasteiger partial charge in [0.25, 0.3) is 5.91 Å². The number of hydrogen-bond acceptors (Lipinski definition) is 4. The number of esters is 1. The molecule has 2 heterocycles. The fourth-order valence-corrected chi connectivity index (χ4v) is 4.88. The highest BCUT2D eigenvalue weighted by Crippen LogP contribution is 2.56. The van der Waals surface area contributed by atoms with Gasteiger partial charge in [-0.2, -0.15) is 0 Å². The van der Waals surface area contributed by atoms with Crippen molar-refractivity contribution in [1.29, 1.82) is 0 Å². The van der Waals surface area contributed by atoms with Crippen LogP contribution < -0.4 is 0 Å². The average Bonchev–Trinajstić information content (AvgIpc) is 3.27. The number of carbonyl (C=O) groups excluding carboxylic acids is 2. The van der Waals surface area contributed by atoms with Gasteiger partial charge in [0.1, 0.15) is 11.0 Å². The van der Waals surface area contributed by atoms with E-state index in [0.717, 1.165) is 24.0 Å². The fourth-order valence-electron chi connectivity index (χ4n) is 4.88. The van der Waals surface area contributed by atoms with Crippen LogP contribution in [0, 0.1) is 5.41 Å². The van der Waals surface area contributed by atoms with Gasteiger partial charge in [0.15, 0.2) is 6.10 Å². The molecule has 0 spiro atoms. The number of amides is 1. The van der Waals surface area contributed by atoms with Crippen LogP contribution in [-0.4, -0.2) is 42.6 Å². The normalized spacial score (nSPS) is 24.7. The van der Waals surface area contributed by atoms with Crippen molar-refractivity contribution in [2.75, 3.05) is 19.7 Å². The number of rotatable bonds is 7. The standard InChI is InChI=1S/C25H29NO4/c1-3-5-16-26-18-24(23(28)29-4-2)17-25(30-21(24)22(26)27,19-12-8-6-9-13-19)20-14-10-7-11-15-20/h6-15,21H,3-5,16-18H2,1-2H3/t21?,24-/m1/s1. The molecule has 2 fully saturated rings. The molecule has 1 amide bonds. The van der Waals surface area contributed by atoms with Crippen LogP contribution in [0.3, 0.4) is 0 Å². The van der Waals surface area contributed by atoms with Crippen LogP contribution in [0.5, 0.6) is 0 Å². The van der Waals surface area contributed by atoms with E-state index in [-0.39, 0.29) is 18.5 Å². The predicted molar refractivity (Wildman–Crippen MR) is 114 cm³/mol. The molecule has 1 unspecified atom stereocenters. The van der Waals surface area contributed by atoms with E-state index in [1.807, 2.05) is 60.7 Å². The van der Waals surface area contributed by atoms with Gasteiger partial charge in [-0.1, -0.05) is 74.0 Å². The number of nitrogens with zero attached hydrogens (tertiary/aromatic N) is 1. The molecule has 5 heteroatoms. The van der Waals surface area contributed by atoms with Crippen LogP contribution in [0.25, 0.3) is 0 Å². The minimum Gasteiger partial charge on any atom is -0.465 e. The maximum Gasteiger partial charge on any atom is 0.317 e. The largest absolute Gasteiger partial charge is 0.465 e. The van der Waals surface area contributed by atoms with Crippen molar-refractivity contribution in [2.45, 2.75) is 44.8 Å². The van der Waals surface area contributed by atoms with Crippen molar-refractivity contribution < 1.29 is 19.1 Å².